The van der Waals surface area contributed by atoms with Crippen LogP contribution in [0.1, 0.15) is 19.4 Å². The highest BCUT2D eigenvalue weighted by molar-refractivity contribution is 7.22. The molecule has 0 atom stereocenters. The Labute approximate surface area is 169 Å². The minimum Gasteiger partial charge on any atom is -0.339 e. The van der Waals surface area contributed by atoms with Gasteiger partial charge in [-0.25, -0.2) is 9.97 Å². The SMILES string of the molecule is CC(C)CNCc1cccc(-c2cc3ncnc(Nc4ccccc4)c3s2)c1. The fourth-order valence-corrected chi connectivity index (χ4v) is 4.14. The summed E-state index contributed by atoms with van der Waals surface area (Å²) in [6, 6.07) is 21.0. The van der Waals surface area contributed by atoms with Gasteiger partial charge in [0.25, 0.3) is 0 Å². The highest BCUT2D eigenvalue weighted by Gasteiger charge is 2.11. The Morgan fingerprint density at radius 3 is 2.64 bits per heavy atom. The van der Waals surface area contributed by atoms with Crippen LogP contribution in [0.3, 0.4) is 0 Å². The molecule has 0 bridgehead atoms. The molecule has 4 rings (SSSR count). The number of hydrogen-bond acceptors (Lipinski definition) is 5. The van der Waals surface area contributed by atoms with Gasteiger partial charge in [-0.2, -0.15) is 0 Å². The number of hydrogen-bond donors (Lipinski definition) is 2. The van der Waals surface area contributed by atoms with E-state index in [0.29, 0.717) is 5.92 Å². The second kappa shape index (κ2) is 8.50. The van der Waals surface area contributed by atoms with Crippen LogP contribution in [0.5, 0.6) is 0 Å². The van der Waals surface area contributed by atoms with Gasteiger partial charge in [-0.1, -0.05) is 50.2 Å². The van der Waals surface area contributed by atoms with Crippen molar-refractivity contribution in [2.75, 3.05) is 11.9 Å². The number of thiophene rings is 1. The average molecular weight is 389 g/mol. The first-order valence-corrected chi connectivity index (χ1v) is 10.4. The molecule has 2 aromatic carbocycles. The molecule has 5 heteroatoms. The zero-order chi connectivity index (χ0) is 19.3. The van der Waals surface area contributed by atoms with Gasteiger partial charge < -0.3 is 10.6 Å². The Balaban J connectivity index is 1.61. The van der Waals surface area contributed by atoms with Crippen LogP contribution in [0.4, 0.5) is 11.5 Å². The first-order valence-electron chi connectivity index (χ1n) is 9.55. The quantitative estimate of drug-likeness (QED) is 0.417. The molecule has 2 heterocycles. The molecular weight excluding hydrogens is 364 g/mol. The van der Waals surface area contributed by atoms with Crippen molar-refractivity contribution in [3.8, 4) is 10.4 Å². The minimum absolute atomic E-state index is 0.653. The second-order valence-electron chi connectivity index (χ2n) is 7.26. The number of nitrogens with zero attached hydrogens (tertiary/aromatic N) is 2. The first kappa shape index (κ1) is 18.6. The van der Waals surface area contributed by atoms with Crippen LogP contribution in [0, 0.1) is 5.92 Å². The third kappa shape index (κ3) is 4.38. The Bertz CT molecular complexity index is 1060. The largest absolute Gasteiger partial charge is 0.339 e. The molecule has 4 aromatic rings. The van der Waals surface area contributed by atoms with Gasteiger partial charge in [-0.05, 0) is 47.9 Å². The van der Waals surface area contributed by atoms with E-state index in [1.165, 1.54) is 16.0 Å². The average Bonchev–Trinajstić information content (AvgIpc) is 3.14. The Kier molecular flexibility index (Phi) is 5.65. The molecule has 0 amide bonds. The molecule has 2 aromatic heterocycles. The van der Waals surface area contributed by atoms with Crippen molar-refractivity contribution in [2.24, 2.45) is 5.92 Å². The van der Waals surface area contributed by atoms with Crippen molar-refractivity contribution in [1.82, 2.24) is 15.3 Å². The van der Waals surface area contributed by atoms with E-state index in [9.17, 15) is 0 Å². The third-order valence-corrected chi connectivity index (χ3v) is 5.62. The van der Waals surface area contributed by atoms with Crippen LogP contribution in [0.2, 0.25) is 0 Å². The second-order valence-corrected chi connectivity index (χ2v) is 8.32. The predicted octanol–water partition coefficient (Wildman–Crippen LogP) is 5.85. The summed E-state index contributed by atoms with van der Waals surface area (Å²) in [6.07, 6.45) is 1.62. The highest BCUT2D eigenvalue weighted by Crippen LogP contribution is 2.36. The molecule has 0 aliphatic heterocycles. The number of nitrogens with one attached hydrogen (secondary N) is 2. The van der Waals surface area contributed by atoms with Crippen LogP contribution >= 0.6 is 11.3 Å². The van der Waals surface area contributed by atoms with Gasteiger partial charge in [0.15, 0.2) is 5.82 Å². The predicted molar refractivity (Wildman–Crippen MR) is 119 cm³/mol. The van der Waals surface area contributed by atoms with Gasteiger partial charge in [0.1, 0.15) is 6.33 Å². The third-order valence-electron chi connectivity index (χ3n) is 4.44. The molecule has 0 unspecified atom stereocenters. The maximum Gasteiger partial charge on any atom is 0.151 e. The van der Waals surface area contributed by atoms with Crippen molar-refractivity contribution >= 4 is 33.1 Å². The van der Waals surface area contributed by atoms with Gasteiger partial charge in [0.2, 0.25) is 0 Å². The highest BCUT2D eigenvalue weighted by atomic mass is 32.1. The number of rotatable bonds is 7. The number of fused-ring (bicyclic) bond motifs is 1. The van der Waals surface area contributed by atoms with Gasteiger partial charge >= 0.3 is 0 Å². The van der Waals surface area contributed by atoms with E-state index < -0.39 is 0 Å². The normalized spacial score (nSPS) is 11.2. The number of para-hydroxylation sites is 1. The molecule has 0 radical (unpaired) electrons. The van der Waals surface area contributed by atoms with E-state index in [-0.39, 0.29) is 0 Å². The van der Waals surface area contributed by atoms with E-state index >= 15 is 0 Å². The summed E-state index contributed by atoms with van der Waals surface area (Å²) in [4.78, 5) is 10.1. The molecule has 2 N–H and O–H groups in total. The minimum atomic E-state index is 0.653. The molecule has 28 heavy (non-hydrogen) atoms. The summed E-state index contributed by atoms with van der Waals surface area (Å²) in [5.74, 6) is 1.50. The summed E-state index contributed by atoms with van der Waals surface area (Å²) in [7, 11) is 0. The maximum absolute atomic E-state index is 4.47. The Morgan fingerprint density at radius 1 is 0.964 bits per heavy atom. The molecule has 0 aliphatic carbocycles. The molecule has 4 nitrogen and oxygen atoms in total. The van der Waals surface area contributed by atoms with Crippen molar-refractivity contribution in [1.29, 1.82) is 0 Å². The van der Waals surface area contributed by atoms with E-state index in [1.807, 2.05) is 30.3 Å². The molecule has 0 aliphatic rings. The number of benzene rings is 2. The van der Waals surface area contributed by atoms with Crippen LogP contribution < -0.4 is 10.6 Å². The summed E-state index contributed by atoms with van der Waals surface area (Å²) in [5, 5.41) is 6.92. The molecule has 0 saturated carbocycles. The molecular formula is C23H24N4S. The summed E-state index contributed by atoms with van der Waals surface area (Å²) >= 11 is 1.73. The van der Waals surface area contributed by atoms with Gasteiger partial charge in [-0.3, -0.25) is 0 Å². The lowest BCUT2D eigenvalue weighted by atomic mass is 10.1. The smallest absolute Gasteiger partial charge is 0.151 e. The lowest BCUT2D eigenvalue weighted by Gasteiger charge is -2.08. The van der Waals surface area contributed by atoms with Crippen LogP contribution in [-0.2, 0) is 6.54 Å². The van der Waals surface area contributed by atoms with Crippen molar-refractivity contribution in [3.05, 3.63) is 72.6 Å². The van der Waals surface area contributed by atoms with Crippen LogP contribution in [0.15, 0.2) is 67.0 Å². The first-order chi connectivity index (χ1) is 13.7. The lowest BCUT2D eigenvalue weighted by Crippen LogP contribution is -2.18. The van der Waals surface area contributed by atoms with Crippen molar-refractivity contribution in [3.63, 3.8) is 0 Å². The monoisotopic (exact) mass is 388 g/mol. The standard InChI is InChI=1S/C23H24N4S/c1-16(2)13-24-14-17-7-6-8-18(11-17)21-12-20-22(28-21)23(26-15-25-20)27-19-9-4-3-5-10-19/h3-12,15-16,24H,13-14H2,1-2H3,(H,25,26,27). The Hall–Kier alpha value is -2.76. The van der Waals surface area contributed by atoms with E-state index in [4.69, 9.17) is 0 Å². The maximum atomic E-state index is 4.47. The Morgan fingerprint density at radius 2 is 1.82 bits per heavy atom. The van der Waals surface area contributed by atoms with E-state index in [2.05, 4.69) is 64.8 Å². The van der Waals surface area contributed by atoms with Crippen molar-refractivity contribution in [2.45, 2.75) is 20.4 Å². The topological polar surface area (TPSA) is 49.8 Å². The van der Waals surface area contributed by atoms with E-state index in [1.54, 1.807) is 17.7 Å². The van der Waals surface area contributed by atoms with Gasteiger partial charge in [0.05, 0.1) is 10.2 Å². The lowest BCUT2D eigenvalue weighted by molar-refractivity contribution is 0.552. The molecule has 142 valence electrons. The molecule has 0 fully saturated rings. The van der Waals surface area contributed by atoms with Crippen LogP contribution in [0.25, 0.3) is 20.7 Å². The fraction of sp³-hybridized carbons (Fsp3) is 0.217. The molecule has 0 spiro atoms. The van der Waals surface area contributed by atoms with Crippen molar-refractivity contribution < 1.29 is 0 Å². The summed E-state index contributed by atoms with van der Waals surface area (Å²) in [6.45, 7) is 6.36. The number of anilines is 2. The fourth-order valence-electron chi connectivity index (χ4n) is 3.08. The van der Waals surface area contributed by atoms with Gasteiger partial charge in [-0.15, -0.1) is 11.3 Å². The van der Waals surface area contributed by atoms with Crippen LogP contribution in [-0.4, -0.2) is 16.5 Å². The zero-order valence-corrected chi connectivity index (χ0v) is 17.0. The zero-order valence-electron chi connectivity index (χ0n) is 16.1. The molecule has 0 saturated heterocycles. The van der Waals surface area contributed by atoms with E-state index in [0.717, 1.165) is 34.8 Å². The van der Waals surface area contributed by atoms with Gasteiger partial charge in [0, 0.05) is 17.1 Å². The number of aromatic nitrogens is 2. The summed E-state index contributed by atoms with van der Waals surface area (Å²) in [5.41, 5.74) is 4.51. The summed E-state index contributed by atoms with van der Waals surface area (Å²) < 4.78 is 1.07.